The quantitative estimate of drug-likeness (QED) is 0.857. The van der Waals surface area contributed by atoms with E-state index in [1.807, 2.05) is 13.8 Å². The van der Waals surface area contributed by atoms with Gasteiger partial charge in [0.2, 0.25) is 10.0 Å². The summed E-state index contributed by atoms with van der Waals surface area (Å²) in [5.41, 5.74) is 1.28. The first-order valence-electron chi connectivity index (χ1n) is 6.33. The van der Waals surface area contributed by atoms with Gasteiger partial charge < -0.3 is 0 Å². The Balaban J connectivity index is 2.18. The summed E-state index contributed by atoms with van der Waals surface area (Å²) in [4.78, 5) is 16.8. The Morgan fingerprint density at radius 3 is 2.62 bits per heavy atom. The molecule has 2 rings (SSSR count). The molecule has 0 radical (unpaired) electrons. The fraction of sp³-hybridized carbons (Fsp3) is 0.286. The summed E-state index contributed by atoms with van der Waals surface area (Å²) in [6.07, 6.45) is 0. The maximum atomic E-state index is 12.2. The van der Waals surface area contributed by atoms with E-state index in [0.29, 0.717) is 5.56 Å². The number of nitrogens with zero attached hydrogens (tertiary/aromatic N) is 1. The Morgan fingerprint density at radius 1 is 1.33 bits per heavy atom. The fourth-order valence-corrected chi connectivity index (χ4v) is 3.74. The van der Waals surface area contributed by atoms with Crippen LogP contribution in [0.2, 0.25) is 0 Å². The van der Waals surface area contributed by atoms with Gasteiger partial charge in [0.05, 0.1) is 17.1 Å². The number of carbonyl (C=O) groups excluding carboxylic acids is 1. The first kappa shape index (κ1) is 15.8. The molecule has 1 aromatic heterocycles. The van der Waals surface area contributed by atoms with Crippen molar-refractivity contribution in [1.29, 1.82) is 0 Å². The Bertz CT molecular complexity index is 760. The molecule has 0 unspecified atom stereocenters. The van der Waals surface area contributed by atoms with Crippen LogP contribution < -0.4 is 4.72 Å². The molecule has 112 valence electrons. The molecule has 21 heavy (non-hydrogen) atoms. The number of ketones is 1. The van der Waals surface area contributed by atoms with Gasteiger partial charge in [0.25, 0.3) is 0 Å². The van der Waals surface area contributed by atoms with Gasteiger partial charge in [-0.1, -0.05) is 12.1 Å². The first-order chi connectivity index (χ1) is 9.79. The highest BCUT2D eigenvalue weighted by Gasteiger charge is 2.16. The van der Waals surface area contributed by atoms with Crippen molar-refractivity contribution >= 4 is 27.1 Å². The topological polar surface area (TPSA) is 76.1 Å². The average Bonchev–Trinajstić information content (AvgIpc) is 2.76. The van der Waals surface area contributed by atoms with Crippen LogP contribution in [0.4, 0.5) is 0 Å². The maximum absolute atomic E-state index is 12.2. The third-order valence-corrected chi connectivity index (χ3v) is 5.51. The number of thiazole rings is 1. The van der Waals surface area contributed by atoms with Crippen molar-refractivity contribution in [2.75, 3.05) is 0 Å². The van der Waals surface area contributed by atoms with Crippen molar-refractivity contribution in [1.82, 2.24) is 9.71 Å². The van der Waals surface area contributed by atoms with Crippen LogP contribution >= 0.6 is 11.3 Å². The number of nitrogens with one attached hydrogen (secondary N) is 1. The van der Waals surface area contributed by atoms with Gasteiger partial charge in [-0.15, -0.1) is 11.3 Å². The van der Waals surface area contributed by atoms with Gasteiger partial charge in [0.15, 0.2) is 5.78 Å². The Hall–Kier alpha value is -1.57. The number of aryl methyl sites for hydroxylation is 2. The van der Waals surface area contributed by atoms with E-state index in [0.717, 1.165) is 15.6 Å². The minimum atomic E-state index is -3.65. The largest absolute Gasteiger partial charge is 0.295 e. The van der Waals surface area contributed by atoms with Gasteiger partial charge in [-0.25, -0.2) is 18.1 Å². The Kier molecular flexibility index (Phi) is 4.55. The highest BCUT2D eigenvalue weighted by molar-refractivity contribution is 7.89. The van der Waals surface area contributed by atoms with E-state index in [-0.39, 0.29) is 17.2 Å². The van der Waals surface area contributed by atoms with Crippen LogP contribution in [0.5, 0.6) is 0 Å². The van der Waals surface area contributed by atoms with Gasteiger partial charge >= 0.3 is 0 Å². The predicted molar refractivity (Wildman–Crippen MR) is 82.1 cm³/mol. The molecule has 5 nitrogen and oxygen atoms in total. The van der Waals surface area contributed by atoms with E-state index in [1.165, 1.54) is 30.4 Å². The number of benzene rings is 1. The SMILES string of the molecule is CC(=O)c1cccc(S(=O)(=O)NCc2nc(C)c(C)s2)c1. The van der Waals surface area contributed by atoms with Crippen LogP contribution in [0.1, 0.15) is 32.9 Å². The lowest BCUT2D eigenvalue weighted by Crippen LogP contribution is -2.23. The number of rotatable bonds is 5. The lowest BCUT2D eigenvalue weighted by atomic mass is 10.2. The van der Waals surface area contributed by atoms with E-state index in [9.17, 15) is 13.2 Å². The van der Waals surface area contributed by atoms with Gasteiger partial charge in [-0.05, 0) is 32.9 Å². The second kappa shape index (κ2) is 6.05. The summed E-state index contributed by atoms with van der Waals surface area (Å²) in [7, 11) is -3.65. The number of hydrogen-bond acceptors (Lipinski definition) is 5. The Labute approximate surface area is 128 Å². The van der Waals surface area contributed by atoms with E-state index in [4.69, 9.17) is 0 Å². The third kappa shape index (κ3) is 3.75. The van der Waals surface area contributed by atoms with Crippen LogP contribution in [0.25, 0.3) is 0 Å². The molecular weight excluding hydrogens is 308 g/mol. The predicted octanol–water partition coefficient (Wildman–Crippen LogP) is 2.44. The smallest absolute Gasteiger partial charge is 0.240 e. The van der Waals surface area contributed by atoms with E-state index >= 15 is 0 Å². The summed E-state index contributed by atoms with van der Waals surface area (Å²) in [5, 5.41) is 0.719. The molecule has 0 spiro atoms. The molecule has 0 amide bonds. The molecule has 0 aliphatic carbocycles. The standard InChI is InChI=1S/C14H16N2O3S2/c1-9-11(3)20-14(16-9)8-15-21(18,19)13-6-4-5-12(7-13)10(2)17/h4-7,15H,8H2,1-3H3. The van der Waals surface area contributed by atoms with Crippen molar-refractivity contribution < 1.29 is 13.2 Å². The summed E-state index contributed by atoms with van der Waals surface area (Å²) in [6.45, 7) is 5.38. The zero-order valence-corrected chi connectivity index (χ0v) is 13.6. The van der Waals surface area contributed by atoms with Crippen LogP contribution in [0.15, 0.2) is 29.2 Å². The van der Waals surface area contributed by atoms with Crippen LogP contribution in [-0.2, 0) is 16.6 Å². The van der Waals surface area contributed by atoms with Crippen LogP contribution in [0.3, 0.4) is 0 Å². The van der Waals surface area contributed by atoms with Gasteiger partial charge in [0.1, 0.15) is 5.01 Å². The molecule has 0 aliphatic rings. The van der Waals surface area contributed by atoms with Crippen molar-refractivity contribution in [2.45, 2.75) is 32.2 Å². The van der Waals surface area contributed by atoms with Crippen LogP contribution in [-0.4, -0.2) is 19.2 Å². The van der Waals surface area contributed by atoms with Gasteiger partial charge in [-0.3, -0.25) is 4.79 Å². The van der Waals surface area contributed by atoms with Crippen molar-refractivity contribution in [3.63, 3.8) is 0 Å². The second-order valence-electron chi connectivity index (χ2n) is 4.66. The highest BCUT2D eigenvalue weighted by Crippen LogP contribution is 2.17. The van der Waals surface area contributed by atoms with E-state index < -0.39 is 10.0 Å². The lowest BCUT2D eigenvalue weighted by Gasteiger charge is -2.06. The summed E-state index contributed by atoms with van der Waals surface area (Å²) >= 11 is 1.47. The molecule has 1 aromatic carbocycles. The highest BCUT2D eigenvalue weighted by atomic mass is 32.2. The van der Waals surface area contributed by atoms with Crippen molar-refractivity contribution in [3.8, 4) is 0 Å². The number of hydrogen-bond donors (Lipinski definition) is 1. The molecule has 0 saturated carbocycles. The second-order valence-corrected chi connectivity index (χ2v) is 7.71. The first-order valence-corrected chi connectivity index (χ1v) is 8.63. The zero-order chi connectivity index (χ0) is 15.6. The number of aromatic nitrogens is 1. The average molecular weight is 324 g/mol. The minimum Gasteiger partial charge on any atom is -0.295 e. The third-order valence-electron chi connectivity index (χ3n) is 3.04. The zero-order valence-electron chi connectivity index (χ0n) is 12.0. The Morgan fingerprint density at radius 2 is 2.05 bits per heavy atom. The molecule has 0 bridgehead atoms. The van der Waals surface area contributed by atoms with E-state index in [2.05, 4.69) is 9.71 Å². The van der Waals surface area contributed by atoms with Gasteiger partial charge in [-0.2, -0.15) is 0 Å². The monoisotopic (exact) mass is 324 g/mol. The van der Waals surface area contributed by atoms with Gasteiger partial charge in [0, 0.05) is 10.4 Å². The minimum absolute atomic E-state index is 0.0835. The summed E-state index contributed by atoms with van der Waals surface area (Å²) < 4.78 is 27.0. The van der Waals surface area contributed by atoms with Crippen molar-refractivity contribution in [2.24, 2.45) is 0 Å². The fourth-order valence-electron chi connectivity index (χ4n) is 1.74. The number of carbonyl (C=O) groups is 1. The van der Waals surface area contributed by atoms with Crippen LogP contribution in [0, 0.1) is 13.8 Å². The lowest BCUT2D eigenvalue weighted by molar-refractivity contribution is 0.101. The van der Waals surface area contributed by atoms with E-state index in [1.54, 1.807) is 12.1 Å². The molecule has 0 fully saturated rings. The number of sulfonamides is 1. The molecule has 0 saturated heterocycles. The summed E-state index contributed by atoms with van der Waals surface area (Å²) in [5.74, 6) is -0.168. The molecule has 1 heterocycles. The molecule has 2 aromatic rings. The molecule has 0 atom stereocenters. The number of Topliss-reactive ketones (excluding diaryl/α,β-unsaturated/α-hetero) is 1. The normalized spacial score (nSPS) is 11.6. The molecule has 1 N–H and O–H groups in total. The van der Waals surface area contributed by atoms with Crippen molar-refractivity contribution in [3.05, 3.63) is 45.4 Å². The molecule has 7 heteroatoms. The molecule has 0 aliphatic heterocycles. The summed E-state index contributed by atoms with van der Waals surface area (Å²) in [6, 6.07) is 5.99. The maximum Gasteiger partial charge on any atom is 0.240 e. The molecular formula is C14H16N2O3S2.